The van der Waals surface area contributed by atoms with E-state index in [2.05, 4.69) is 5.32 Å². The van der Waals surface area contributed by atoms with Gasteiger partial charge >= 0.3 is 0 Å². The zero-order chi connectivity index (χ0) is 16.1. The molecule has 1 amide bonds. The summed E-state index contributed by atoms with van der Waals surface area (Å²) in [6.07, 6.45) is 4.23. The summed E-state index contributed by atoms with van der Waals surface area (Å²) in [7, 11) is 0.0573. The molecule has 1 aliphatic rings. The number of carbonyl (C=O) groups excluding carboxylic acids is 1. The number of rotatable bonds is 6. The largest absolute Gasteiger partial charge is 0.496 e. The number of methoxy groups -OCH3 is 1. The Hall–Kier alpha value is -1.43. The Morgan fingerprint density at radius 1 is 1.45 bits per heavy atom. The van der Waals surface area contributed by atoms with E-state index >= 15 is 0 Å². The molecule has 0 saturated heterocycles. The fourth-order valence-corrected chi connectivity index (χ4v) is 3.74. The van der Waals surface area contributed by atoms with Crippen molar-refractivity contribution in [2.24, 2.45) is 0 Å². The molecule has 0 aliphatic heterocycles. The van der Waals surface area contributed by atoms with Gasteiger partial charge in [-0.3, -0.25) is 9.00 Å². The molecule has 0 unspecified atom stereocenters. The van der Waals surface area contributed by atoms with Gasteiger partial charge in [0.05, 0.1) is 12.9 Å². The van der Waals surface area contributed by atoms with Gasteiger partial charge < -0.3 is 10.1 Å². The van der Waals surface area contributed by atoms with Gasteiger partial charge in [0.1, 0.15) is 16.8 Å². The van der Waals surface area contributed by atoms with E-state index < -0.39 is 21.9 Å². The third-order valence-corrected chi connectivity index (χ3v) is 5.60. The molecule has 4 nitrogen and oxygen atoms in total. The minimum atomic E-state index is -1.42. The van der Waals surface area contributed by atoms with Crippen LogP contribution in [0.2, 0.25) is 0 Å². The number of hydrogen-bond donors (Lipinski definition) is 1. The molecule has 1 aromatic carbocycles. The second kappa shape index (κ2) is 7.72. The molecule has 0 aromatic heterocycles. The van der Waals surface area contributed by atoms with Gasteiger partial charge in [-0.25, -0.2) is 4.39 Å². The maximum Gasteiger partial charge on any atom is 0.235 e. The lowest BCUT2D eigenvalue weighted by atomic mass is 10.2. The first-order valence-electron chi connectivity index (χ1n) is 7.51. The highest BCUT2D eigenvalue weighted by atomic mass is 32.2. The van der Waals surface area contributed by atoms with Crippen LogP contribution in [0.1, 0.15) is 38.2 Å². The van der Waals surface area contributed by atoms with Crippen LogP contribution in [0.4, 0.5) is 4.39 Å². The van der Waals surface area contributed by atoms with Crippen molar-refractivity contribution in [3.05, 3.63) is 29.6 Å². The van der Waals surface area contributed by atoms with Gasteiger partial charge in [-0.15, -0.1) is 0 Å². The molecule has 6 heteroatoms. The van der Waals surface area contributed by atoms with Crippen LogP contribution in [0.15, 0.2) is 18.2 Å². The lowest BCUT2D eigenvalue weighted by molar-refractivity contribution is -0.121. The molecule has 1 aromatic rings. The summed E-state index contributed by atoms with van der Waals surface area (Å²) in [5.74, 6) is -0.0187. The van der Waals surface area contributed by atoms with Crippen LogP contribution in [0.25, 0.3) is 0 Å². The second-order valence-electron chi connectivity index (χ2n) is 5.61. The Kier molecular flexibility index (Phi) is 5.94. The van der Waals surface area contributed by atoms with Crippen molar-refractivity contribution in [3.63, 3.8) is 0 Å². The zero-order valence-corrected chi connectivity index (χ0v) is 13.7. The Labute approximate surface area is 132 Å². The molecular weight excluding hydrogens is 305 g/mol. The minimum Gasteiger partial charge on any atom is -0.496 e. The average Bonchev–Trinajstić information content (AvgIpc) is 2.99. The van der Waals surface area contributed by atoms with Crippen molar-refractivity contribution in [1.29, 1.82) is 0 Å². The number of amides is 1. The van der Waals surface area contributed by atoms with Gasteiger partial charge in [0.15, 0.2) is 0 Å². The standard InChI is InChI=1S/C16H22FNO3S/c1-11(16(19)18-14-5-3-4-6-14)22(20)10-12-9-13(17)7-8-15(12)21-2/h7-9,11,14H,3-6,10H2,1-2H3,(H,18,19)/t11-,22+/m0/s1. The number of halogens is 1. The lowest BCUT2D eigenvalue weighted by Crippen LogP contribution is -2.40. The molecule has 2 rings (SSSR count). The summed E-state index contributed by atoms with van der Waals surface area (Å²) in [6.45, 7) is 1.65. The van der Waals surface area contributed by atoms with E-state index in [9.17, 15) is 13.4 Å². The Balaban J connectivity index is 1.98. The van der Waals surface area contributed by atoms with Crippen LogP contribution in [0.5, 0.6) is 5.75 Å². The highest BCUT2D eigenvalue weighted by Gasteiger charge is 2.25. The highest BCUT2D eigenvalue weighted by molar-refractivity contribution is 7.85. The van der Waals surface area contributed by atoms with Gasteiger partial charge in [-0.2, -0.15) is 0 Å². The van der Waals surface area contributed by atoms with Gasteiger partial charge in [-0.1, -0.05) is 12.8 Å². The molecule has 22 heavy (non-hydrogen) atoms. The first-order chi connectivity index (χ1) is 10.5. The van der Waals surface area contributed by atoms with Gasteiger partial charge in [0, 0.05) is 22.4 Å². The summed E-state index contributed by atoms with van der Waals surface area (Å²) in [5.41, 5.74) is 0.515. The summed E-state index contributed by atoms with van der Waals surface area (Å²) in [4.78, 5) is 12.1. The van der Waals surface area contributed by atoms with E-state index in [1.165, 1.54) is 25.3 Å². The molecule has 0 bridgehead atoms. The normalized spacial score (nSPS) is 18.0. The maximum atomic E-state index is 13.3. The molecule has 0 spiro atoms. The molecule has 1 aliphatic carbocycles. The van der Waals surface area contributed by atoms with Crippen LogP contribution < -0.4 is 10.1 Å². The topological polar surface area (TPSA) is 55.4 Å². The van der Waals surface area contributed by atoms with Crippen LogP contribution in [0.3, 0.4) is 0 Å². The van der Waals surface area contributed by atoms with E-state index in [0.29, 0.717) is 11.3 Å². The number of hydrogen-bond acceptors (Lipinski definition) is 3. The van der Waals surface area contributed by atoms with Crippen molar-refractivity contribution < 1.29 is 18.1 Å². The summed E-state index contributed by atoms with van der Waals surface area (Å²) >= 11 is 0. The number of benzene rings is 1. The van der Waals surface area contributed by atoms with Crippen molar-refractivity contribution in [3.8, 4) is 5.75 Å². The SMILES string of the molecule is COc1ccc(F)cc1C[S@@](=O)[C@@H](C)C(=O)NC1CCCC1. The van der Waals surface area contributed by atoms with E-state index in [0.717, 1.165) is 25.7 Å². The van der Waals surface area contributed by atoms with Crippen molar-refractivity contribution in [2.45, 2.75) is 49.7 Å². The number of ether oxygens (including phenoxy) is 1. The molecular formula is C16H22FNO3S. The molecule has 0 heterocycles. The number of nitrogens with one attached hydrogen (secondary N) is 1. The van der Waals surface area contributed by atoms with Crippen molar-refractivity contribution >= 4 is 16.7 Å². The van der Waals surface area contributed by atoms with Gasteiger partial charge in [0.2, 0.25) is 5.91 Å². The summed E-state index contributed by atoms with van der Waals surface area (Å²) in [5, 5.41) is 2.32. The Morgan fingerprint density at radius 2 is 2.14 bits per heavy atom. The van der Waals surface area contributed by atoms with Crippen LogP contribution in [0, 0.1) is 5.82 Å². The van der Waals surface area contributed by atoms with E-state index in [-0.39, 0.29) is 17.7 Å². The summed E-state index contributed by atoms with van der Waals surface area (Å²) < 4.78 is 30.9. The molecule has 0 radical (unpaired) electrons. The third kappa shape index (κ3) is 4.29. The molecule has 1 saturated carbocycles. The van der Waals surface area contributed by atoms with Crippen molar-refractivity contribution in [1.82, 2.24) is 5.32 Å². The fraction of sp³-hybridized carbons (Fsp3) is 0.562. The second-order valence-corrected chi connectivity index (χ2v) is 7.37. The molecule has 1 fully saturated rings. The highest BCUT2D eigenvalue weighted by Crippen LogP contribution is 2.22. The first-order valence-corrected chi connectivity index (χ1v) is 8.89. The zero-order valence-electron chi connectivity index (χ0n) is 12.9. The van der Waals surface area contributed by atoms with Crippen LogP contribution >= 0.6 is 0 Å². The Morgan fingerprint density at radius 3 is 2.77 bits per heavy atom. The van der Waals surface area contributed by atoms with Crippen LogP contribution in [-0.4, -0.2) is 28.5 Å². The van der Waals surface area contributed by atoms with Gasteiger partial charge in [0.25, 0.3) is 0 Å². The molecule has 122 valence electrons. The predicted molar refractivity (Wildman–Crippen MR) is 84.7 cm³/mol. The summed E-state index contributed by atoms with van der Waals surface area (Å²) in [6, 6.07) is 4.31. The first kappa shape index (κ1) is 16.9. The fourth-order valence-electron chi connectivity index (χ4n) is 2.65. The smallest absolute Gasteiger partial charge is 0.235 e. The average molecular weight is 327 g/mol. The van der Waals surface area contributed by atoms with E-state index in [1.807, 2.05) is 0 Å². The van der Waals surface area contributed by atoms with Crippen LogP contribution in [-0.2, 0) is 21.3 Å². The molecule has 1 N–H and O–H groups in total. The Bertz CT molecular complexity index is 558. The lowest BCUT2D eigenvalue weighted by Gasteiger charge is -2.17. The van der Waals surface area contributed by atoms with Crippen molar-refractivity contribution in [2.75, 3.05) is 7.11 Å². The molecule has 2 atom stereocenters. The monoisotopic (exact) mass is 327 g/mol. The van der Waals surface area contributed by atoms with E-state index in [1.54, 1.807) is 6.92 Å². The minimum absolute atomic E-state index is 0.0974. The maximum absolute atomic E-state index is 13.3. The van der Waals surface area contributed by atoms with E-state index in [4.69, 9.17) is 4.74 Å². The van der Waals surface area contributed by atoms with Gasteiger partial charge in [-0.05, 0) is 38.0 Å². The third-order valence-electron chi connectivity index (χ3n) is 4.01. The predicted octanol–water partition coefficient (Wildman–Crippen LogP) is 2.53. The number of carbonyl (C=O) groups is 1. The quantitative estimate of drug-likeness (QED) is 0.873.